The Bertz CT molecular complexity index is 722. The second kappa shape index (κ2) is 6.84. The first-order valence-electron chi connectivity index (χ1n) is 7.79. The summed E-state index contributed by atoms with van der Waals surface area (Å²) in [6.45, 7) is 6.32. The van der Waals surface area contributed by atoms with Gasteiger partial charge in [-0.3, -0.25) is 4.79 Å². The van der Waals surface area contributed by atoms with Crippen molar-refractivity contribution in [2.75, 3.05) is 19.8 Å². The van der Waals surface area contributed by atoms with Crippen LogP contribution in [0.15, 0.2) is 30.3 Å². The summed E-state index contributed by atoms with van der Waals surface area (Å²) in [6, 6.07) is 9.53. The van der Waals surface area contributed by atoms with Gasteiger partial charge in [-0.25, -0.2) is 0 Å². The minimum atomic E-state index is 0.506. The van der Waals surface area contributed by atoms with Crippen molar-refractivity contribution in [3.05, 3.63) is 47.0 Å². The molecule has 0 aromatic heterocycles. The third kappa shape index (κ3) is 3.22. The van der Waals surface area contributed by atoms with Crippen molar-refractivity contribution >= 4 is 6.29 Å². The summed E-state index contributed by atoms with van der Waals surface area (Å²) in [6.07, 6.45) is 0.856. The maximum absolute atomic E-state index is 11.0. The normalized spacial score (nSPS) is 12.1. The first kappa shape index (κ1) is 15.6. The maximum atomic E-state index is 11.0. The average molecular weight is 312 g/mol. The minimum Gasteiger partial charge on any atom is -0.491 e. The fourth-order valence-corrected chi connectivity index (χ4v) is 2.87. The van der Waals surface area contributed by atoms with E-state index in [1.54, 1.807) is 6.07 Å². The molecule has 0 radical (unpaired) electrons. The van der Waals surface area contributed by atoms with Gasteiger partial charge in [-0.2, -0.15) is 0 Å². The molecule has 3 rings (SSSR count). The maximum Gasteiger partial charge on any atom is 0.150 e. The Morgan fingerprint density at radius 1 is 1.22 bits per heavy atom. The van der Waals surface area contributed by atoms with Crippen molar-refractivity contribution in [3.8, 4) is 22.6 Å². The lowest BCUT2D eigenvalue weighted by atomic mass is 9.91. The molecule has 23 heavy (non-hydrogen) atoms. The molecule has 0 spiro atoms. The standard InChI is InChI=1S/C19H20O4/c1-3-21-6-7-22-16-8-13(2)19-15(10-16)12-23-18-5-4-14(11-20)9-17(18)19/h4-5,8-11H,3,6-7,12H2,1-2H3. The smallest absolute Gasteiger partial charge is 0.150 e. The number of hydrogen-bond donors (Lipinski definition) is 0. The fourth-order valence-electron chi connectivity index (χ4n) is 2.87. The van der Waals surface area contributed by atoms with E-state index in [1.807, 2.05) is 31.2 Å². The van der Waals surface area contributed by atoms with E-state index in [0.717, 1.165) is 40.0 Å². The van der Waals surface area contributed by atoms with E-state index < -0.39 is 0 Å². The van der Waals surface area contributed by atoms with Gasteiger partial charge in [0.25, 0.3) is 0 Å². The summed E-state index contributed by atoms with van der Waals surface area (Å²) in [7, 11) is 0. The Kier molecular flexibility index (Phi) is 4.63. The molecule has 0 fully saturated rings. The molecule has 4 heteroatoms. The highest BCUT2D eigenvalue weighted by Gasteiger charge is 2.20. The number of rotatable bonds is 6. The van der Waals surface area contributed by atoms with E-state index in [1.165, 1.54) is 0 Å². The van der Waals surface area contributed by atoms with E-state index in [9.17, 15) is 4.79 Å². The van der Waals surface area contributed by atoms with E-state index in [-0.39, 0.29) is 0 Å². The van der Waals surface area contributed by atoms with E-state index in [4.69, 9.17) is 14.2 Å². The summed E-state index contributed by atoms with van der Waals surface area (Å²) in [5.74, 6) is 1.63. The minimum absolute atomic E-state index is 0.506. The van der Waals surface area contributed by atoms with E-state index in [2.05, 4.69) is 6.92 Å². The fraction of sp³-hybridized carbons (Fsp3) is 0.316. The SMILES string of the molecule is CCOCCOc1cc(C)c2c(c1)COc1ccc(C=O)cc1-2. The lowest BCUT2D eigenvalue weighted by molar-refractivity contribution is 0.110. The number of aryl methyl sites for hydroxylation is 1. The van der Waals surface area contributed by atoms with Crippen LogP contribution in [-0.4, -0.2) is 26.1 Å². The Morgan fingerprint density at radius 2 is 2.09 bits per heavy atom. The van der Waals surface area contributed by atoms with Crippen LogP contribution >= 0.6 is 0 Å². The van der Waals surface area contributed by atoms with Crippen molar-refractivity contribution < 1.29 is 19.0 Å². The summed E-state index contributed by atoms with van der Waals surface area (Å²) in [5.41, 5.74) is 4.94. The molecule has 0 N–H and O–H groups in total. The Hall–Kier alpha value is -2.33. The first-order valence-corrected chi connectivity index (χ1v) is 7.79. The molecule has 0 saturated carbocycles. The zero-order valence-electron chi connectivity index (χ0n) is 13.4. The molecule has 0 bridgehead atoms. The molecule has 1 aliphatic heterocycles. The van der Waals surface area contributed by atoms with Gasteiger partial charge in [0.15, 0.2) is 0 Å². The van der Waals surface area contributed by atoms with Gasteiger partial charge in [-0.15, -0.1) is 0 Å². The highest BCUT2D eigenvalue weighted by molar-refractivity contribution is 5.84. The van der Waals surface area contributed by atoms with Gasteiger partial charge in [0.2, 0.25) is 0 Å². The topological polar surface area (TPSA) is 44.8 Å². The molecule has 2 aromatic rings. The molecule has 1 heterocycles. The van der Waals surface area contributed by atoms with Crippen molar-refractivity contribution in [2.24, 2.45) is 0 Å². The lowest BCUT2D eigenvalue weighted by Gasteiger charge is -2.23. The number of aldehydes is 1. The molecule has 1 aliphatic rings. The molecule has 0 aliphatic carbocycles. The first-order chi connectivity index (χ1) is 11.2. The summed E-state index contributed by atoms with van der Waals surface area (Å²) >= 11 is 0. The summed E-state index contributed by atoms with van der Waals surface area (Å²) < 4.78 is 16.8. The second-order valence-corrected chi connectivity index (χ2v) is 5.48. The molecule has 2 aromatic carbocycles. The third-order valence-electron chi connectivity index (χ3n) is 3.88. The molecule has 0 atom stereocenters. The highest BCUT2D eigenvalue weighted by atomic mass is 16.5. The van der Waals surface area contributed by atoms with Gasteiger partial charge in [-0.1, -0.05) is 0 Å². The van der Waals surface area contributed by atoms with Crippen LogP contribution in [-0.2, 0) is 11.3 Å². The van der Waals surface area contributed by atoms with E-state index in [0.29, 0.717) is 32.0 Å². The van der Waals surface area contributed by atoms with Crippen LogP contribution in [0, 0.1) is 6.92 Å². The van der Waals surface area contributed by atoms with Crippen LogP contribution in [0.5, 0.6) is 11.5 Å². The lowest BCUT2D eigenvalue weighted by Crippen LogP contribution is -2.10. The van der Waals surface area contributed by atoms with Gasteiger partial charge in [0.05, 0.1) is 6.61 Å². The average Bonchev–Trinajstić information content (AvgIpc) is 2.57. The largest absolute Gasteiger partial charge is 0.491 e. The number of fused-ring (bicyclic) bond motifs is 3. The second-order valence-electron chi connectivity index (χ2n) is 5.48. The highest BCUT2D eigenvalue weighted by Crippen LogP contribution is 2.41. The Labute approximate surface area is 136 Å². The number of benzene rings is 2. The van der Waals surface area contributed by atoms with Crippen LogP contribution < -0.4 is 9.47 Å². The molecule has 4 nitrogen and oxygen atoms in total. The molecule has 0 saturated heterocycles. The summed E-state index contributed by atoms with van der Waals surface area (Å²) in [5, 5.41) is 0. The zero-order valence-corrected chi connectivity index (χ0v) is 13.4. The number of carbonyl (C=O) groups is 1. The monoisotopic (exact) mass is 312 g/mol. The number of carbonyl (C=O) groups excluding carboxylic acids is 1. The number of hydrogen-bond acceptors (Lipinski definition) is 4. The van der Waals surface area contributed by atoms with Crippen molar-refractivity contribution in [3.63, 3.8) is 0 Å². The van der Waals surface area contributed by atoms with Crippen LogP contribution in [0.25, 0.3) is 11.1 Å². The van der Waals surface area contributed by atoms with Gasteiger partial charge in [-0.05, 0) is 55.3 Å². The van der Waals surface area contributed by atoms with Gasteiger partial charge < -0.3 is 14.2 Å². The zero-order chi connectivity index (χ0) is 16.2. The Balaban J connectivity index is 1.91. The molecule has 0 unspecified atom stereocenters. The van der Waals surface area contributed by atoms with Crippen LogP contribution in [0.1, 0.15) is 28.4 Å². The quantitative estimate of drug-likeness (QED) is 0.601. The van der Waals surface area contributed by atoms with Gasteiger partial charge in [0, 0.05) is 23.3 Å². The third-order valence-corrected chi connectivity index (χ3v) is 3.88. The van der Waals surface area contributed by atoms with Crippen molar-refractivity contribution in [1.29, 1.82) is 0 Å². The molecule has 120 valence electrons. The van der Waals surface area contributed by atoms with Gasteiger partial charge >= 0.3 is 0 Å². The van der Waals surface area contributed by atoms with E-state index >= 15 is 0 Å². The predicted molar refractivity (Wildman–Crippen MR) is 88.3 cm³/mol. The van der Waals surface area contributed by atoms with Crippen molar-refractivity contribution in [2.45, 2.75) is 20.5 Å². The van der Waals surface area contributed by atoms with Crippen LogP contribution in [0.3, 0.4) is 0 Å². The Morgan fingerprint density at radius 3 is 2.87 bits per heavy atom. The summed E-state index contributed by atoms with van der Waals surface area (Å²) in [4.78, 5) is 11.0. The predicted octanol–water partition coefficient (Wildman–Crippen LogP) is 3.78. The van der Waals surface area contributed by atoms with Crippen molar-refractivity contribution in [1.82, 2.24) is 0 Å². The number of ether oxygens (including phenoxy) is 3. The molecule has 0 amide bonds. The molecular formula is C19H20O4. The van der Waals surface area contributed by atoms with Gasteiger partial charge in [0.1, 0.15) is 31.0 Å². The molecular weight excluding hydrogens is 292 g/mol. The van der Waals surface area contributed by atoms with Crippen LogP contribution in [0.2, 0.25) is 0 Å². The van der Waals surface area contributed by atoms with Crippen LogP contribution in [0.4, 0.5) is 0 Å².